The van der Waals surface area contributed by atoms with Gasteiger partial charge in [0.2, 0.25) is 0 Å². The van der Waals surface area contributed by atoms with Crippen LogP contribution in [0.4, 0.5) is 0 Å². The normalized spacial score (nSPS) is 10.8. The Balaban J connectivity index is 1.98. The smallest absolute Gasteiger partial charge is 0.123 e. The molecule has 2 rings (SSSR count). The van der Waals surface area contributed by atoms with Gasteiger partial charge in [0, 0.05) is 5.56 Å². The van der Waals surface area contributed by atoms with Gasteiger partial charge in [-0.15, -0.1) is 0 Å². The molecule has 4 heteroatoms. The second-order valence-electron chi connectivity index (χ2n) is 6.45. The molecule has 0 unspecified atom stereocenters. The van der Waals surface area contributed by atoms with Gasteiger partial charge in [-0.05, 0) is 41.8 Å². The van der Waals surface area contributed by atoms with E-state index < -0.39 is 0 Å². The summed E-state index contributed by atoms with van der Waals surface area (Å²) >= 11 is 0. The molecular weight excluding hydrogens is 302 g/mol. The number of ether oxygens (including phenoxy) is 3. The Hall–Kier alpha value is -2.67. The minimum Gasteiger partial charge on any atom is -0.497 e. The van der Waals surface area contributed by atoms with E-state index in [4.69, 9.17) is 19.5 Å². The maximum atomic E-state index is 8.89. The first-order chi connectivity index (χ1) is 11.4. The summed E-state index contributed by atoms with van der Waals surface area (Å²) < 4.78 is 16.8. The standard InChI is InChI=1S/C20H23NO3/c1-20(2,3)18-13-16(22-4)8-9-19(18)24-11-10-23-17-7-5-6-15(12-17)14-21/h5-9,12-13H,10-11H2,1-4H3. The van der Waals surface area contributed by atoms with Crippen molar-refractivity contribution in [1.82, 2.24) is 0 Å². The monoisotopic (exact) mass is 325 g/mol. The number of methoxy groups -OCH3 is 1. The summed E-state index contributed by atoms with van der Waals surface area (Å²) in [5.74, 6) is 2.32. The third kappa shape index (κ3) is 4.66. The zero-order chi connectivity index (χ0) is 17.6. The summed E-state index contributed by atoms with van der Waals surface area (Å²) in [5, 5.41) is 8.89. The lowest BCUT2D eigenvalue weighted by Gasteiger charge is -2.23. The molecule has 0 aliphatic heterocycles. The van der Waals surface area contributed by atoms with E-state index in [1.807, 2.05) is 24.3 Å². The third-order valence-electron chi connectivity index (χ3n) is 3.57. The lowest BCUT2D eigenvalue weighted by Crippen LogP contribution is -2.16. The lowest BCUT2D eigenvalue weighted by molar-refractivity contribution is 0.214. The number of nitrogens with zero attached hydrogens (tertiary/aromatic N) is 1. The molecule has 0 aliphatic carbocycles. The van der Waals surface area contributed by atoms with Crippen molar-refractivity contribution in [3.63, 3.8) is 0 Å². The van der Waals surface area contributed by atoms with Crippen LogP contribution in [0, 0.1) is 11.3 Å². The average molecular weight is 325 g/mol. The first-order valence-electron chi connectivity index (χ1n) is 7.88. The molecule has 4 nitrogen and oxygen atoms in total. The molecular formula is C20H23NO3. The Labute approximate surface area is 143 Å². The highest BCUT2D eigenvalue weighted by atomic mass is 16.5. The highest BCUT2D eigenvalue weighted by molar-refractivity contribution is 5.44. The van der Waals surface area contributed by atoms with E-state index in [2.05, 4.69) is 26.8 Å². The Bertz CT molecular complexity index is 726. The van der Waals surface area contributed by atoms with Gasteiger partial charge in [-0.1, -0.05) is 26.8 Å². The van der Waals surface area contributed by atoms with Crippen LogP contribution >= 0.6 is 0 Å². The van der Waals surface area contributed by atoms with Crippen molar-refractivity contribution < 1.29 is 14.2 Å². The molecule has 0 saturated carbocycles. The van der Waals surface area contributed by atoms with Gasteiger partial charge in [-0.3, -0.25) is 0 Å². The lowest BCUT2D eigenvalue weighted by atomic mass is 9.86. The van der Waals surface area contributed by atoms with Crippen LogP contribution < -0.4 is 14.2 Å². The molecule has 0 heterocycles. The molecule has 0 N–H and O–H groups in total. The van der Waals surface area contributed by atoms with Crippen molar-refractivity contribution >= 4 is 0 Å². The topological polar surface area (TPSA) is 51.5 Å². The number of hydrogen-bond donors (Lipinski definition) is 0. The first-order valence-corrected chi connectivity index (χ1v) is 7.88. The molecule has 126 valence electrons. The molecule has 0 atom stereocenters. The van der Waals surface area contributed by atoms with Crippen LogP contribution in [0.5, 0.6) is 17.2 Å². The molecule has 2 aromatic carbocycles. The fourth-order valence-electron chi connectivity index (χ4n) is 2.31. The fraction of sp³-hybridized carbons (Fsp3) is 0.350. The van der Waals surface area contributed by atoms with Crippen LogP contribution in [0.15, 0.2) is 42.5 Å². The van der Waals surface area contributed by atoms with Gasteiger partial charge in [0.1, 0.15) is 30.5 Å². The third-order valence-corrected chi connectivity index (χ3v) is 3.57. The number of benzene rings is 2. The molecule has 2 aromatic rings. The fourth-order valence-corrected chi connectivity index (χ4v) is 2.31. The summed E-state index contributed by atoms with van der Waals surface area (Å²) in [5.41, 5.74) is 1.62. The van der Waals surface area contributed by atoms with Crippen LogP contribution in [-0.2, 0) is 5.41 Å². The molecule has 0 aliphatic rings. The Morgan fingerprint density at radius 2 is 1.71 bits per heavy atom. The van der Waals surface area contributed by atoms with E-state index in [-0.39, 0.29) is 5.41 Å². The largest absolute Gasteiger partial charge is 0.497 e. The van der Waals surface area contributed by atoms with Crippen molar-refractivity contribution in [2.75, 3.05) is 20.3 Å². The van der Waals surface area contributed by atoms with Crippen molar-refractivity contribution in [3.8, 4) is 23.3 Å². The van der Waals surface area contributed by atoms with E-state index in [1.54, 1.807) is 25.3 Å². The summed E-state index contributed by atoms with van der Waals surface area (Å²) in [4.78, 5) is 0. The van der Waals surface area contributed by atoms with E-state index in [1.165, 1.54) is 0 Å². The summed E-state index contributed by atoms with van der Waals surface area (Å²) in [6.45, 7) is 7.24. The zero-order valence-electron chi connectivity index (χ0n) is 14.6. The SMILES string of the molecule is COc1ccc(OCCOc2cccc(C#N)c2)c(C(C)(C)C)c1. The van der Waals surface area contributed by atoms with Gasteiger partial charge in [0.25, 0.3) is 0 Å². The molecule has 24 heavy (non-hydrogen) atoms. The Morgan fingerprint density at radius 3 is 2.38 bits per heavy atom. The zero-order valence-corrected chi connectivity index (χ0v) is 14.6. The molecule has 0 saturated heterocycles. The van der Waals surface area contributed by atoms with Crippen LogP contribution in [0.25, 0.3) is 0 Å². The quantitative estimate of drug-likeness (QED) is 0.742. The summed E-state index contributed by atoms with van der Waals surface area (Å²) in [7, 11) is 1.66. The molecule has 0 fully saturated rings. The second kappa shape index (κ2) is 7.74. The van der Waals surface area contributed by atoms with Gasteiger partial charge in [0.05, 0.1) is 18.7 Å². The number of rotatable bonds is 6. The van der Waals surface area contributed by atoms with Crippen molar-refractivity contribution in [1.29, 1.82) is 5.26 Å². The van der Waals surface area contributed by atoms with Crippen LogP contribution in [0.3, 0.4) is 0 Å². The van der Waals surface area contributed by atoms with Gasteiger partial charge >= 0.3 is 0 Å². The van der Waals surface area contributed by atoms with Gasteiger partial charge < -0.3 is 14.2 Å². The predicted molar refractivity (Wildman–Crippen MR) is 93.8 cm³/mol. The van der Waals surface area contributed by atoms with E-state index in [0.29, 0.717) is 24.5 Å². The predicted octanol–water partition coefficient (Wildman–Crippen LogP) is 4.32. The van der Waals surface area contributed by atoms with Crippen molar-refractivity contribution in [2.45, 2.75) is 26.2 Å². The van der Waals surface area contributed by atoms with Crippen molar-refractivity contribution in [2.24, 2.45) is 0 Å². The average Bonchev–Trinajstić information content (AvgIpc) is 2.58. The highest BCUT2D eigenvalue weighted by Crippen LogP contribution is 2.34. The minimum absolute atomic E-state index is 0.0497. The number of nitriles is 1. The Morgan fingerprint density at radius 1 is 0.958 bits per heavy atom. The van der Waals surface area contributed by atoms with E-state index >= 15 is 0 Å². The van der Waals surface area contributed by atoms with E-state index in [0.717, 1.165) is 17.1 Å². The second-order valence-corrected chi connectivity index (χ2v) is 6.45. The summed E-state index contributed by atoms with van der Waals surface area (Å²) in [6, 6.07) is 15.0. The molecule has 0 aromatic heterocycles. The maximum absolute atomic E-state index is 8.89. The van der Waals surface area contributed by atoms with Crippen molar-refractivity contribution in [3.05, 3.63) is 53.6 Å². The number of hydrogen-bond acceptors (Lipinski definition) is 4. The molecule has 0 spiro atoms. The van der Waals surface area contributed by atoms with Gasteiger partial charge in [-0.25, -0.2) is 0 Å². The highest BCUT2D eigenvalue weighted by Gasteiger charge is 2.20. The minimum atomic E-state index is -0.0497. The molecule has 0 amide bonds. The van der Waals surface area contributed by atoms with E-state index in [9.17, 15) is 0 Å². The Kier molecular flexibility index (Phi) is 5.70. The maximum Gasteiger partial charge on any atom is 0.123 e. The van der Waals surface area contributed by atoms with Gasteiger partial charge in [-0.2, -0.15) is 5.26 Å². The van der Waals surface area contributed by atoms with Crippen LogP contribution in [-0.4, -0.2) is 20.3 Å². The first kappa shape index (κ1) is 17.7. The summed E-state index contributed by atoms with van der Waals surface area (Å²) in [6.07, 6.45) is 0. The molecule has 0 bridgehead atoms. The van der Waals surface area contributed by atoms with Crippen LogP contribution in [0.2, 0.25) is 0 Å². The molecule has 0 radical (unpaired) electrons. The van der Waals surface area contributed by atoms with Crippen LogP contribution in [0.1, 0.15) is 31.9 Å². The van der Waals surface area contributed by atoms with Gasteiger partial charge in [0.15, 0.2) is 0 Å².